The van der Waals surface area contributed by atoms with E-state index in [2.05, 4.69) is 35.6 Å². The average molecular weight is 278 g/mol. The van der Waals surface area contributed by atoms with Gasteiger partial charge in [-0.05, 0) is 29.2 Å². The molecule has 0 unspecified atom stereocenters. The predicted molar refractivity (Wildman–Crippen MR) is 83.1 cm³/mol. The number of rotatable bonds is 1. The van der Waals surface area contributed by atoms with Crippen LogP contribution in [0.5, 0.6) is 0 Å². The summed E-state index contributed by atoms with van der Waals surface area (Å²) in [4.78, 5) is 14.7. The first kappa shape index (κ1) is 12.5. The van der Waals surface area contributed by atoms with Crippen molar-refractivity contribution in [1.29, 1.82) is 0 Å². The zero-order valence-corrected chi connectivity index (χ0v) is 11.9. The molecule has 1 amide bonds. The average Bonchev–Trinajstić information content (AvgIpc) is 2.97. The molecule has 0 saturated carbocycles. The van der Waals surface area contributed by atoms with Gasteiger partial charge in [0, 0.05) is 25.2 Å². The van der Waals surface area contributed by atoms with E-state index in [4.69, 9.17) is 0 Å². The second kappa shape index (κ2) is 4.92. The summed E-state index contributed by atoms with van der Waals surface area (Å²) in [5.74, 6) is 0.223. The Morgan fingerprint density at radius 3 is 2.52 bits per heavy atom. The van der Waals surface area contributed by atoms with Gasteiger partial charge in [0.15, 0.2) is 0 Å². The molecule has 3 nitrogen and oxygen atoms in total. The first-order valence-electron chi connectivity index (χ1n) is 7.51. The van der Waals surface area contributed by atoms with E-state index in [9.17, 15) is 4.79 Å². The molecule has 2 heterocycles. The van der Waals surface area contributed by atoms with E-state index >= 15 is 0 Å². The molecule has 21 heavy (non-hydrogen) atoms. The second-order valence-electron chi connectivity index (χ2n) is 5.84. The largest absolute Gasteiger partial charge is 0.373 e. The van der Waals surface area contributed by atoms with E-state index in [1.54, 1.807) is 0 Å². The van der Waals surface area contributed by atoms with Gasteiger partial charge in [-0.1, -0.05) is 42.5 Å². The lowest BCUT2D eigenvalue weighted by atomic mass is 9.99. The summed E-state index contributed by atoms with van der Waals surface area (Å²) in [6.07, 6.45) is 1.76. The van der Waals surface area contributed by atoms with Gasteiger partial charge in [-0.2, -0.15) is 0 Å². The van der Waals surface area contributed by atoms with Gasteiger partial charge in [0.1, 0.15) is 6.04 Å². The van der Waals surface area contributed by atoms with E-state index in [0.717, 1.165) is 31.6 Å². The van der Waals surface area contributed by atoms with Crippen LogP contribution < -0.4 is 5.32 Å². The third-order valence-corrected chi connectivity index (χ3v) is 4.51. The summed E-state index contributed by atoms with van der Waals surface area (Å²) in [6.45, 7) is 1.56. The van der Waals surface area contributed by atoms with Gasteiger partial charge in [-0.15, -0.1) is 0 Å². The zero-order chi connectivity index (χ0) is 14.2. The maximum Gasteiger partial charge on any atom is 0.245 e. The summed E-state index contributed by atoms with van der Waals surface area (Å²) in [5, 5.41) is 3.36. The first-order valence-corrected chi connectivity index (χ1v) is 7.51. The summed E-state index contributed by atoms with van der Waals surface area (Å²) in [6, 6.07) is 16.5. The molecule has 2 aromatic rings. The summed E-state index contributed by atoms with van der Waals surface area (Å²) in [5.41, 5.74) is 5.01. The second-order valence-corrected chi connectivity index (χ2v) is 5.84. The maximum absolute atomic E-state index is 12.7. The Morgan fingerprint density at radius 1 is 1.00 bits per heavy atom. The number of benzene rings is 2. The van der Waals surface area contributed by atoms with Crippen molar-refractivity contribution < 1.29 is 4.79 Å². The fourth-order valence-corrected chi connectivity index (χ4v) is 3.35. The Balaban J connectivity index is 1.50. The van der Waals surface area contributed by atoms with E-state index in [-0.39, 0.29) is 11.9 Å². The summed E-state index contributed by atoms with van der Waals surface area (Å²) < 4.78 is 0. The van der Waals surface area contributed by atoms with Crippen molar-refractivity contribution in [3.8, 4) is 0 Å². The van der Waals surface area contributed by atoms with Gasteiger partial charge in [0.05, 0.1) is 0 Å². The highest BCUT2D eigenvalue weighted by atomic mass is 16.2. The number of anilines is 1. The molecule has 0 aliphatic carbocycles. The highest BCUT2D eigenvalue weighted by Crippen LogP contribution is 2.27. The topological polar surface area (TPSA) is 32.3 Å². The smallest absolute Gasteiger partial charge is 0.245 e. The van der Waals surface area contributed by atoms with E-state index < -0.39 is 0 Å². The molecule has 3 heteroatoms. The molecule has 0 aromatic heterocycles. The van der Waals surface area contributed by atoms with Crippen molar-refractivity contribution in [2.45, 2.75) is 25.4 Å². The van der Waals surface area contributed by atoms with Gasteiger partial charge in [0.2, 0.25) is 5.91 Å². The van der Waals surface area contributed by atoms with Crippen LogP contribution in [0.2, 0.25) is 0 Å². The molecule has 0 radical (unpaired) electrons. The van der Waals surface area contributed by atoms with Crippen LogP contribution in [0.4, 0.5) is 5.69 Å². The van der Waals surface area contributed by atoms with Gasteiger partial charge < -0.3 is 10.2 Å². The van der Waals surface area contributed by atoms with Crippen LogP contribution in [-0.2, 0) is 24.2 Å². The maximum atomic E-state index is 12.7. The number of hydrogen-bond donors (Lipinski definition) is 1. The number of carbonyl (C=O) groups excluding carboxylic acids is 1. The highest BCUT2D eigenvalue weighted by molar-refractivity contribution is 5.87. The van der Waals surface area contributed by atoms with E-state index in [1.165, 1.54) is 16.7 Å². The minimum Gasteiger partial charge on any atom is -0.373 e. The number of amides is 1. The lowest BCUT2D eigenvalue weighted by Gasteiger charge is -2.31. The number of carbonyl (C=O) groups is 1. The SMILES string of the molecule is O=C([C@@H]1Cc2ccccc2N1)N1CCc2ccccc2C1. The van der Waals surface area contributed by atoms with Crippen LogP contribution in [0.25, 0.3) is 0 Å². The van der Waals surface area contributed by atoms with Crippen LogP contribution in [0.3, 0.4) is 0 Å². The van der Waals surface area contributed by atoms with Crippen molar-refractivity contribution in [3.63, 3.8) is 0 Å². The highest BCUT2D eigenvalue weighted by Gasteiger charge is 2.31. The van der Waals surface area contributed by atoms with Crippen molar-refractivity contribution >= 4 is 11.6 Å². The zero-order valence-electron chi connectivity index (χ0n) is 11.9. The number of para-hydroxylation sites is 1. The number of nitrogens with one attached hydrogen (secondary N) is 1. The molecule has 0 fully saturated rings. The van der Waals surface area contributed by atoms with Crippen LogP contribution in [0.1, 0.15) is 16.7 Å². The fraction of sp³-hybridized carbons (Fsp3) is 0.278. The third kappa shape index (κ3) is 2.19. The van der Waals surface area contributed by atoms with Gasteiger partial charge in [-0.25, -0.2) is 0 Å². The molecule has 4 rings (SSSR count). The Kier molecular flexibility index (Phi) is 2.92. The number of hydrogen-bond acceptors (Lipinski definition) is 2. The molecule has 2 aromatic carbocycles. The molecule has 1 N–H and O–H groups in total. The van der Waals surface area contributed by atoms with E-state index in [0.29, 0.717) is 0 Å². The Labute approximate surface area is 124 Å². The Hall–Kier alpha value is -2.29. The molecule has 106 valence electrons. The van der Waals surface area contributed by atoms with Crippen LogP contribution in [0, 0.1) is 0 Å². The van der Waals surface area contributed by atoms with Crippen molar-refractivity contribution in [1.82, 2.24) is 4.90 Å². The molecule has 2 aliphatic rings. The Morgan fingerprint density at radius 2 is 1.71 bits per heavy atom. The molecular formula is C18H18N2O. The minimum atomic E-state index is -0.104. The van der Waals surface area contributed by atoms with Crippen LogP contribution in [-0.4, -0.2) is 23.4 Å². The first-order chi connectivity index (χ1) is 10.3. The van der Waals surface area contributed by atoms with Crippen molar-refractivity contribution in [3.05, 3.63) is 65.2 Å². The Bertz CT molecular complexity index is 670. The van der Waals surface area contributed by atoms with Gasteiger partial charge >= 0.3 is 0 Å². The normalized spacial score (nSPS) is 19.6. The predicted octanol–water partition coefficient (Wildman–Crippen LogP) is 2.61. The third-order valence-electron chi connectivity index (χ3n) is 4.51. The van der Waals surface area contributed by atoms with Gasteiger partial charge in [0.25, 0.3) is 0 Å². The lowest BCUT2D eigenvalue weighted by Crippen LogP contribution is -2.44. The number of fused-ring (bicyclic) bond motifs is 2. The molecule has 0 bridgehead atoms. The fourth-order valence-electron chi connectivity index (χ4n) is 3.35. The monoisotopic (exact) mass is 278 g/mol. The molecule has 0 saturated heterocycles. The van der Waals surface area contributed by atoms with Crippen molar-refractivity contribution in [2.24, 2.45) is 0 Å². The number of nitrogens with zero attached hydrogens (tertiary/aromatic N) is 1. The molecule has 2 aliphatic heterocycles. The van der Waals surface area contributed by atoms with Crippen LogP contribution >= 0.6 is 0 Å². The quantitative estimate of drug-likeness (QED) is 0.869. The lowest BCUT2D eigenvalue weighted by molar-refractivity contribution is -0.132. The van der Waals surface area contributed by atoms with E-state index in [1.807, 2.05) is 23.1 Å². The van der Waals surface area contributed by atoms with Crippen LogP contribution in [0.15, 0.2) is 48.5 Å². The summed E-state index contributed by atoms with van der Waals surface area (Å²) >= 11 is 0. The van der Waals surface area contributed by atoms with Gasteiger partial charge in [-0.3, -0.25) is 4.79 Å². The summed E-state index contributed by atoms with van der Waals surface area (Å²) in [7, 11) is 0. The van der Waals surface area contributed by atoms with Crippen molar-refractivity contribution in [2.75, 3.05) is 11.9 Å². The molecular weight excluding hydrogens is 260 g/mol. The molecule has 1 atom stereocenters. The minimum absolute atomic E-state index is 0.104. The standard InChI is InChI=1S/C18H18N2O/c21-18(17-11-14-6-3-4-8-16(14)19-17)20-10-9-13-5-1-2-7-15(13)12-20/h1-8,17,19H,9-12H2/t17-/m0/s1. The molecule has 0 spiro atoms.